The molecule has 2 fully saturated rings. The summed E-state index contributed by atoms with van der Waals surface area (Å²) >= 11 is 0. The average Bonchev–Trinajstić information content (AvgIpc) is 3.20. The van der Waals surface area contributed by atoms with Crippen LogP contribution in [0.25, 0.3) is 0 Å². The zero-order chi connectivity index (χ0) is 18.3. The van der Waals surface area contributed by atoms with Crippen LogP contribution in [0.5, 0.6) is 0 Å². The van der Waals surface area contributed by atoms with E-state index in [1.54, 1.807) is 0 Å². The Morgan fingerprint density at radius 1 is 1.23 bits per heavy atom. The lowest BCUT2D eigenvalue weighted by Crippen LogP contribution is -2.46. The molecule has 3 aliphatic rings. The first-order valence-corrected chi connectivity index (χ1v) is 9.09. The average molecular weight is 357 g/mol. The van der Waals surface area contributed by atoms with Crippen LogP contribution in [-0.4, -0.2) is 55.5 Å². The van der Waals surface area contributed by atoms with E-state index >= 15 is 0 Å². The first-order chi connectivity index (χ1) is 12.5. The van der Waals surface area contributed by atoms with Crippen molar-refractivity contribution >= 4 is 23.4 Å². The van der Waals surface area contributed by atoms with Gasteiger partial charge in [-0.1, -0.05) is 18.2 Å². The van der Waals surface area contributed by atoms with Crippen molar-refractivity contribution in [3.63, 3.8) is 0 Å². The number of anilines is 1. The summed E-state index contributed by atoms with van der Waals surface area (Å²) in [6, 6.07) is 7.51. The van der Waals surface area contributed by atoms with Crippen LogP contribution in [-0.2, 0) is 24.5 Å². The molecule has 2 saturated heterocycles. The normalized spacial score (nSPS) is 25.8. The number of rotatable bonds is 3. The van der Waals surface area contributed by atoms with Crippen molar-refractivity contribution in [2.45, 2.75) is 24.7 Å². The molecule has 0 bridgehead atoms. The van der Waals surface area contributed by atoms with Crippen LogP contribution >= 0.6 is 0 Å². The van der Waals surface area contributed by atoms with Gasteiger partial charge in [-0.15, -0.1) is 0 Å². The maximum absolute atomic E-state index is 13.2. The molecule has 3 aliphatic heterocycles. The standard InChI is InChI=1S/C19H23N3O4/c20-16(23)11-22-15-4-2-1-3-14(15)19(18(22)25)7-8-21(12-19)17(24)13-5-9-26-10-6-13/h1-4,13H,5-12H2,(H2,20,23)/t19-/m1/s1. The van der Waals surface area contributed by atoms with Crippen LogP contribution in [0.15, 0.2) is 24.3 Å². The van der Waals surface area contributed by atoms with Crippen molar-refractivity contribution in [3.8, 4) is 0 Å². The first kappa shape index (κ1) is 17.0. The zero-order valence-electron chi connectivity index (χ0n) is 14.6. The largest absolute Gasteiger partial charge is 0.381 e. The van der Waals surface area contributed by atoms with Gasteiger partial charge in [-0.25, -0.2) is 0 Å². The molecular weight excluding hydrogens is 334 g/mol. The maximum Gasteiger partial charge on any atom is 0.240 e. The van der Waals surface area contributed by atoms with E-state index in [9.17, 15) is 14.4 Å². The van der Waals surface area contributed by atoms with Gasteiger partial charge >= 0.3 is 0 Å². The highest BCUT2D eigenvalue weighted by atomic mass is 16.5. The molecule has 0 aromatic heterocycles. The fraction of sp³-hybridized carbons (Fsp3) is 0.526. The van der Waals surface area contributed by atoms with Crippen molar-refractivity contribution in [2.24, 2.45) is 11.7 Å². The molecule has 1 aromatic carbocycles. The highest BCUT2D eigenvalue weighted by Gasteiger charge is 2.55. The van der Waals surface area contributed by atoms with Gasteiger partial charge < -0.3 is 20.3 Å². The summed E-state index contributed by atoms with van der Waals surface area (Å²) in [5, 5.41) is 0. The van der Waals surface area contributed by atoms with E-state index in [0.717, 1.165) is 24.1 Å². The van der Waals surface area contributed by atoms with Gasteiger partial charge in [0.15, 0.2) is 0 Å². The number of nitrogens with zero attached hydrogens (tertiary/aromatic N) is 2. The summed E-state index contributed by atoms with van der Waals surface area (Å²) in [5.41, 5.74) is 6.22. The number of amides is 3. The van der Waals surface area contributed by atoms with Gasteiger partial charge in [0.2, 0.25) is 17.7 Å². The third-order valence-corrected chi connectivity index (χ3v) is 5.83. The molecule has 7 heteroatoms. The van der Waals surface area contributed by atoms with Crippen molar-refractivity contribution in [3.05, 3.63) is 29.8 Å². The third kappa shape index (κ3) is 2.58. The molecule has 7 nitrogen and oxygen atoms in total. The monoisotopic (exact) mass is 357 g/mol. The number of fused-ring (bicyclic) bond motifs is 2. The number of hydrogen-bond acceptors (Lipinski definition) is 4. The van der Waals surface area contributed by atoms with Crippen molar-refractivity contribution in [1.29, 1.82) is 0 Å². The number of nitrogens with two attached hydrogens (primary N) is 1. The molecule has 138 valence electrons. The Kier molecular flexibility index (Phi) is 4.19. The number of hydrogen-bond donors (Lipinski definition) is 1. The Labute approximate surface area is 152 Å². The predicted octanol–water partition coefficient (Wildman–Crippen LogP) is 0.415. The summed E-state index contributed by atoms with van der Waals surface area (Å²) in [7, 11) is 0. The predicted molar refractivity (Wildman–Crippen MR) is 94.4 cm³/mol. The van der Waals surface area contributed by atoms with E-state index in [2.05, 4.69) is 0 Å². The topological polar surface area (TPSA) is 92.9 Å². The number of benzene rings is 1. The summed E-state index contributed by atoms with van der Waals surface area (Å²) in [6.07, 6.45) is 2.05. The molecule has 1 atom stereocenters. The minimum absolute atomic E-state index is 0.0210. The van der Waals surface area contributed by atoms with Gasteiger partial charge in [-0.3, -0.25) is 14.4 Å². The van der Waals surface area contributed by atoms with Gasteiger partial charge in [-0.2, -0.15) is 0 Å². The van der Waals surface area contributed by atoms with Crippen molar-refractivity contribution in [1.82, 2.24) is 4.90 Å². The van der Waals surface area contributed by atoms with E-state index in [0.29, 0.717) is 32.7 Å². The van der Waals surface area contributed by atoms with Gasteiger partial charge in [0.05, 0.1) is 5.41 Å². The van der Waals surface area contributed by atoms with Crippen LogP contribution in [0.2, 0.25) is 0 Å². The number of carbonyl (C=O) groups is 3. The van der Waals surface area contributed by atoms with Gasteiger partial charge in [0.1, 0.15) is 6.54 Å². The molecule has 0 saturated carbocycles. The van der Waals surface area contributed by atoms with Crippen LogP contribution < -0.4 is 10.6 Å². The molecular formula is C19H23N3O4. The lowest BCUT2D eigenvalue weighted by Gasteiger charge is -2.28. The van der Waals surface area contributed by atoms with E-state index in [-0.39, 0.29) is 24.3 Å². The minimum Gasteiger partial charge on any atom is -0.381 e. The molecule has 0 radical (unpaired) electrons. The Morgan fingerprint density at radius 3 is 2.69 bits per heavy atom. The van der Waals surface area contributed by atoms with Crippen LogP contribution in [0.1, 0.15) is 24.8 Å². The molecule has 1 aromatic rings. The zero-order valence-corrected chi connectivity index (χ0v) is 14.6. The molecule has 2 N–H and O–H groups in total. The molecule has 26 heavy (non-hydrogen) atoms. The van der Waals surface area contributed by atoms with E-state index in [1.807, 2.05) is 29.2 Å². The van der Waals surface area contributed by atoms with Crippen molar-refractivity contribution < 1.29 is 19.1 Å². The number of primary amides is 1. The van der Waals surface area contributed by atoms with Gasteiger partial charge in [0, 0.05) is 37.9 Å². The first-order valence-electron chi connectivity index (χ1n) is 9.09. The minimum atomic E-state index is -0.757. The lowest BCUT2D eigenvalue weighted by atomic mass is 9.81. The van der Waals surface area contributed by atoms with Crippen molar-refractivity contribution in [2.75, 3.05) is 37.7 Å². The highest BCUT2D eigenvalue weighted by Crippen LogP contribution is 2.47. The second-order valence-corrected chi connectivity index (χ2v) is 7.35. The molecule has 3 amide bonds. The Balaban J connectivity index is 1.61. The van der Waals surface area contributed by atoms with Gasteiger partial charge in [-0.05, 0) is 30.9 Å². The smallest absolute Gasteiger partial charge is 0.240 e. The second kappa shape index (κ2) is 6.39. The lowest BCUT2D eigenvalue weighted by molar-refractivity contribution is -0.138. The highest BCUT2D eigenvalue weighted by molar-refractivity contribution is 6.11. The number of para-hydroxylation sites is 1. The van der Waals surface area contributed by atoms with E-state index in [4.69, 9.17) is 10.5 Å². The summed E-state index contributed by atoms with van der Waals surface area (Å²) in [6.45, 7) is 2.02. The molecule has 3 heterocycles. The molecule has 0 aliphatic carbocycles. The molecule has 1 spiro atoms. The quantitative estimate of drug-likeness (QED) is 0.848. The number of ether oxygens (including phenoxy) is 1. The summed E-state index contributed by atoms with van der Waals surface area (Å²) < 4.78 is 5.35. The van der Waals surface area contributed by atoms with Gasteiger partial charge in [0.25, 0.3) is 0 Å². The Morgan fingerprint density at radius 2 is 1.96 bits per heavy atom. The fourth-order valence-corrected chi connectivity index (χ4v) is 4.50. The van der Waals surface area contributed by atoms with E-state index < -0.39 is 11.3 Å². The van der Waals surface area contributed by atoms with Crippen LogP contribution in [0.3, 0.4) is 0 Å². The summed E-state index contributed by atoms with van der Waals surface area (Å²) in [4.78, 5) is 40.9. The molecule has 4 rings (SSSR count). The second-order valence-electron chi connectivity index (χ2n) is 7.35. The third-order valence-electron chi connectivity index (χ3n) is 5.83. The Bertz CT molecular complexity index is 759. The molecule has 0 unspecified atom stereocenters. The number of likely N-dealkylation sites (tertiary alicyclic amines) is 1. The SMILES string of the molecule is NC(=O)CN1C(=O)[C@@]2(CCN(C(=O)C3CCOCC3)C2)c2ccccc21. The number of carbonyl (C=O) groups excluding carboxylic acids is 3. The Hall–Kier alpha value is -2.41. The summed E-state index contributed by atoms with van der Waals surface area (Å²) in [5.74, 6) is -0.575. The van der Waals surface area contributed by atoms with Crippen LogP contribution in [0, 0.1) is 5.92 Å². The maximum atomic E-state index is 13.2. The van der Waals surface area contributed by atoms with Crippen LogP contribution in [0.4, 0.5) is 5.69 Å². The fourth-order valence-electron chi connectivity index (χ4n) is 4.50. The van der Waals surface area contributed by atoms with E-state index in [1.165, 1.54) is 4.90 Å².